The molecule has 0 aliphatic rings. The van der Waals surface area contributed by atoms with Gasteiger partial charge in [0.05, 0.1) is 17.3 Å². The van der Waals surface area contributed by atoms with E-state index in [4.69, 9.17) is 11.6 Å². The number of halogens is 1. The molecule has 3 nitrogen and oxygen atoms in total. The second-order valence-electron chi connectivity index (χ2n) is 4.20. The molecule has 2 N–H and O–H groups in total. The van der Waals surface area contributed by atoms with Crippen molar-refractivity contribution in [1.82, 2.24) is 0 Å². The maximum absolute atomic E-state index is 11.8. The molecule has 0 aliphatic heterocycles. The van der Waals surface area contributed by atoms with E-state index in [0.717, 1.165) is 16.9 Å². The van der Waals surface area contributed by atoms with Crippen molar-refractivity contribution in [2.75, 3.05) is 17.2 Å². The summed E-state index contributed by atoms with van der Waals surface area (Å²) >= 11 is 6.08. The van der Waals surface area contributed by atoms with E-state index in [1.807, 2.05) is 49.4 Å². The van der Waals surface area contributed by atoms with Crippen LogP contribution in [0.4, 0.5) is 11.4 Å². The summed E-state index contributed by atoms with van der Waals surface area (Å²) in [7, 11) is 0. The Kier molecular flexibility index (Phi) is 4.42. The molecule has 0 radical (unpaired) electrons. The summed E-state index contributed by atoms with van der Waals surface area (Å²) in [6, 6.07) is 15.0. The van der Waals surface area contributed by atoms with Gasteiger partial charge in [-0.2, -0.15) is 0 Å². The Bertz CT molecular complexity index is 549. The quantitative estimate of drug-likeness (QED) is 0.893. The van der Waals surface area contributed by atoms with E-state index in [0.29, 0.717) is 5.02 Å². The van der Waals surface area contributed by atoms with Crippen LogP contribution in [0.3, 0.4) is 0 Å². The minimum atomic E-state index is -0.106. The van der Waals surface area contributed by atoms with E-state index in [1.54, 1.807) is 6.07 Å². The van der Waals surface area contributed by atoms with Gasteiger partial charge in [-0.1, -0.05) is 41.9 Å². The summed E-state index contributed by atoms with van der Waals surface area (Å²) in [6.45, 7) is 2.13. The zero-order valence-corrected chi connectivity index (χ0v) is 11.4. The second-order valence-corrected chi connectivity index (χ2v) is 4.61. The number of aryl methyl sites for hydroxylation is 1. The van der Waals surface area contributed by atoms with Crippen LogP contribution in [-0.4, -0.2) is 12.5 Å². The topological polar surface area (TPSA) is 41.1 Å². The molecule has 0 aromatic heterocycles. The summed E-state index contributed by atoms with van der Waals surface area (Å²) < 4.78 is 0. The number of carbonyl (C=O) groups is 1. The van der Waals surface area contributed by atoms with Gasteiger partial charge in [-0.15, -0.1) is 0 Å². The van der Waals surface area contributed by atoms with Gasteiger partial charge in [0, 0.05) is 5.69 Å². The monoisotopic (exact) mass is 274 g/mol. The average Bonchev–Trinajstić information content (AvgIpc) is 2.39. The van der Waals surface area contributed by atoms with Gasteiger partial charge in [0.1, 0.15) is 0 Å². The highest BCUT2D eigenvalue weighted by Gasteiger charge is 2.06. The second kappa shape index (κ2) is 6.25. The van der Waals surface area contributed by atoms with Gasteiger partial charge in [-0.05, 0) is 30.7 Å². The maximum atomic E-state index is 11.8. The fourth-order valence-electron chi connectivity index (χ4n) is 1.75. The molecule has 2 aromatic carbocycles. The first-order valence-electron chi connectivity index (χ1n) is 6.00. The van der Waals surface area contributed by atoms with Gasteiger partial charge in [0.25, 0.3) is 0 Å². The van der Waals surface area contributed by atoms with Gasteiger partial charge in [-0.3, -0.25) is 4.79 Å². The summed E-state index contributed by atoms with van der Waals surface area (Å²) in [6.07, 6.45) is 0. The summed E-state index contributed by atoms with van der Waals surface area (Å²) in [5.41, 5.74) is 2.59. The van der Waals surface area contributed by atoms with E-state index < -0.39 is 0 Å². The maximum Gasteiger partial charge on any atom is 0.243 e. The van der Waals surface area contributed by atoms with Gasteiger partial charge in [-0.25, -0.2) is 0 Å². The molecule has 0 aliphatic carbocycles. The van der Waals surface area contributed by atoms with Gasteiger partial charge in [0.2, 0.25) is 5.91 Å². The van der Waals surface area contributed by atoms with E-state index in [1.165, 1.54) is 0 Å². The molecule has 2 aromatic rings. The Morgan fingerprint density at radius 1 is 1.11 bits per heavy atom. The number of hydrogen-bond donors (Lipinski definition) is 2. The Hall–Kier alpha value is -2.00. The first-order chi connectivity index (χ1) is 9.16. The molecule has 0 saturated heterocycles. The molecule has 4 heteroatoms. The number of amides is 1. The number of nitrogens with one attached hydrogen (secondary N) is 2. The van der Waals surface area contributed by atoms with Crippen LogP contribution in [0, 0.1) is 6.92 Å². The smallest absolute Gasteiger partial charge is 0.243 e. The lowest BCUT2D eigenvalue weighted by Gasteiger charge is -2.11. The van der Waals surface area contributed by atoms with Crippen LogP contribution in [0.5, 0.6) is 0 Å². The van der Waals surface area contributed by atoms with Crippen molar-refractivity contribution in [2.24, 2.45) is 0 Å². The van der Waals surface area contributed by atoms with Crippen LogP contribution in [0.2, 0.25) is 5.02 Å². The van der Waals surface area contributed by atoms with Crippen molar-refractivity contribution >= 4 is 28.9 Å². The molecule has 0 fully saturated rings. The molecule has 0 bridgehead atoms. The third-order valence-electron chi connectivity index (χ3n) is 2.71. The first kappa shape index (κ1) is 13.4. The fourth-order valence-corrected chi connectivity index (χ4v) is 2.04. The molecule has 0 heterocycles. The van der Waals surface area contributed by atoms with Crippen molar-refractivity contribution in [1.29, 1.82) is 0 Å². The standard InChI is InChI=1S/C15H15ClN2O/c1-11-6-5-9-13(16)15(11)17-10-14(19)18-12-7-3-2-4-8-12/h2-9,17H,10H2,1H3,(H,18,19). The van der Waals surface area contributed by atoms with E-state index in [9.17, 15) is 4.79 Å². The van der Waals surface area contributed by atoms with Crippen LogP contribution in [0.25, 0.3) is 0 Å². The summed E-state index contributed by atoms with van der Waals surface area (Å²) in [5, 5.41) is 6.48. The van der Waals surface area contributed by atoms with Crippen LogP contribution < -0.4 is 10.6 Å². The molecular formula is C15H15ClN2O. The molecule has 0 unspecified atom stereocenters. The number of hydrogen-bond acceptors (Lipinski definition) is 2. The summed E-state index contributed by atoms with van der Waals surface area (Å²) in [4.78, 5) is 11.8. The van der Waals surface area contributed by atoms with Crippen LogP contribution in [0.15, 0.2) is 48.5 Å². The van der Waals surface area contributed by atoms with Gasteiger partial charge in [0.15, 0.2) is 0 Å². The van der Waals surface area contributed by atoms with Crippen molar-refractivity contribution in [3.8, 4) is 0 Å². The predicted octanol–water partition coefficient (Wildman–Crippen LogP) is 3.70. The Morgan fingerprint density at radius 3 is 2.53 bits per heavy atom. The normalized spacial score (nSPS) is 10.0. The Balaban J connectivity index is 1.94. The zero-order valence-electron chi connectivity index (χ0n) is 10.6. The van der Waals surface area contributed by atoms with Crippen molar-refractivity contribution in [3.63, 3.8) is 0 Å². The molecule has 2 rings (SSSR count). The minimum Gasteiger partial charge on any atom is -0.375 e. The highest BCUT2D eigenvalue weighted by atomic mass is 35.5. The lowest BCUT2D eigenvalue weighted by molar-refractivity contribution is -0.114. The van der Waals surface area contributed by atoms with Gasteiger partial charge >= 0.3 is 0 Å². The third-order valence-corrected chi connectivity index (χ3v) is 3.02. The lowest BCUT2D eigenvalue weighted by Crippen LogP contribution is -2.22. The number of carbonyl (C=O) groups excluding carboxylic acids is 1. The summed E-state index contributed by atoms with van der Waals surface area (Å²) in [5.74, 6) is -0.106. The highest BCUT2D eigenvalue weighted by molar-refractivity contribution is 6.33. The van der Waals surface area contributed by atoms with Crippen LogP contribution in [0.1, 0.15) is 5.56 Å². The number of rotatable bonds is 4. The number of benzene rings is 2. The Morgan fingerprint density at radius 2 is 1.84 bits per heavy atom. The van der Waals surface area contributed by atoms with Crippen molar-refractivity contribution in [2.45, 2.75) is 6.92 Å². The third kappa shape index (κ3) is 3.73. The SMILES string of the molecule is Cc1cccc(Cl)c1NCC(=O)Nc1ccccc1. The van der Waals surface area contributed by atoms with E-state index >= 15 is 0 Å². The molecule has 1 amide bonds. The van der Waals surface area contributed by atoms with Crippen molar-refractivity contribution in [3.05, 3.63) is 59.1 Å². The fraction of sp³-hybridized carbons (Fsp3) is 0.133. The van der Waals surface area contributed by atoms with Crippen molar-refractivity contribution < 1.29 is 4.79 Å². The van der Waals surface area contributed by atoms with Crippen LogP contribution in [-0.2, 0) is 4.79 Å². The molecule has 0 spiro atoms. The molecule has 98 valence electrons. The van der Waals surface area contributed by atoms with Gasteiger partial charge < -0.3 is 10.6 Å². The predicted molar refractivity (Wildman–Crippen MR) is 79.8 cm³/mol. The Labute approximate surface area is 117 Å². The molecule has 19 heavy (non-hydrogen) atoms. The molecule has 0 saturated carbocycles. The number of anilines is 2. The zero-order chi connectivity index (χ0) is 13.7. The van der Waals surface area contributed by atoms with Crippen LogP contribution >= 0.6 is 11.6 Å². The average molecular weight is 275 g/mol. The molecule has 0 atom stereocenters. The number of para-hydroxylation sites is 2. The highest BCUT2D eigenvalue weighted by Crippen LogP contribution is 2.24. The first-order valence-corrected chi connectivity index (χ1v) is 6.38. The minimum absolute atomic E-state index is 0.106. The van der Waals surface area contributed by atoms with E-state index in [2.05, 4.69) is 10.6 Å². The largest absolute Gasteiger partial charge is 0.375 e. The van der Waals surface area contributed by atoms with E-state index in [-0.39, 0.29) is 12.5 Å². The molecular weight excluding hydrogens is 260 g/mol. The lowest BCUT2D eigenvalue weighted by atomic mass is 10.2.